The molecule has 2 atom stereocenters. The maximum absolute atomic E-state index is 5.70. The molecule has 1 saturated carbocycles. The van der Waals surface area contributed by atoms with Gasteiger partial charge in [0.25, 0.3) is 0 Å². The van der Waals surface area contributed by atoms with Gasteiger partial charge in [-0.15, -0.1) is 0 Å². The summed E-state index contributed by atoms with van der Waals surface area (Å²) in [6.45, 7) is 5.27. The third-order valence-corrected chi connectivity index (χ3v) is 4.07. The summed E-state index contributed by atoms with van der Waals surface area (Å²) in [5.74, 6) is 3.62. The zero-order chi connectivity index (χ0) is 10.6. The Balaban J connectivity index is 1.72. The SMILES string of the molecule is Cc1cc(N2CC3C(CN)C3C2)nn1C. The molecule has 0 spiro atoms. The van der Waals surface area contributed by atoms with E-state index in [0.717, 1.165) is 43.2 Å². The third-order valence-electron chi connectivity index (χ3n) is 4.07. The second-order valence-corrected chi connectivity index (χ2v) is 4.90. The summed E-state index contributed by atoms with van der Waals surface area (Å²) in [5, 5.41) is 4.51. The second-order valence-electron chi connectivity index (χ2n) is 4.90. The lowest BCUT2D eigenvalue weighted by Crippen LogP contribution is -2.26. The minimum Gasteiger partial charge on any atom is -0.355 e. The number of rotatable bonds is 2. The van der Waals surface area contributed by atoms with Gasteiger partial charge in [0.15, 0.2) is 5.82 Å². The molecule has 2 aliphatic rings. The molecule has 0 amide bonds. The first-order chi connectivity index (χ1) is 7.20. The smallest absolute Gasteiger partial charge is 0.150 e. The molecule has 0 bridgehead atoms. The number of nitrogens with zero attached hydrogens (tertiary/aromatic N) is 3. The van der Waals surface area contributed by atoms with Gasteiger partial charge in [-0.1, -0.05) is 0 Å². The van der Waals surface area contributed by atoms with E-state index in [1.807, 2.05) is 11.7 Å². The number of fused-ring (bicyclic) bond motifs is 1. The van der Waals surface area contributed by atoms with Gasteiger partial charge in [-0.3, -0.25) is 4.68 Å². The Kier molecular flexibility index (Phi) is 1.83. The van der Waals surface area contributed by atoms with E-state index in [9.17, 15) is 0 Å². The first-order valence-corrected chi connectivity index (χ1v) is 5.66. The van der Waals surface area contributed by atoms with Crippen molar-refractivity contribution in [1.82, 2.24) is 9.78 Å². The summed E-state index contributed by atoms with van der Waals surface area (Å²) < 4.78 is 1.94. The van der Waals surface area contributed by atoms with Crippen molar-refractivity contribution in [3.63, 3.8) is 0 Å². The Bertz CT molecular complexity index is 352. The Morgan fingerprint density at radius 2 is 2.13 bits per heavy atom. The van der Waals surface area contributed by atoms with Gasteiger partial charge in [0.05, 0.1) is 0 Å². The van der Waals surface area contributed by atoms with Crippen LogP contribution in [0.3, 0.4) is 0 Å². The molecule has 1 aliphatic carbocycles. The summed E-state index contributed by atoms with van der Waals surface area (Å²) in [6, 6.07) is 2.17. The van der Waals surface area contributed by atoms with E-state index in [2.05, 4.69) is 23.0 Å². The molecule has 2 heterocycles. The maximum atomic E-state index is 5.70. The molecule has 2 fully saturated rings. The van der Waals surface area contributed by atoms with Gasteiger partial charge in [0, 0.05) is 31.9 Å². The molecule has 2 N–H and O–H groups in total. The normalized spacial score (nSPS) is 33.3. The molecule has 4 nitrogen and oxygen atoms in total. The van der Waals surface area contributed by atoms with Crippen LogP contribution in [-0.4, -0.2) is 29.4 Å². The van der Waals surface area contributed by atoms with E-state index in [4.69, 9.17) is 5.73 Å². The molecule has 0 radical (unpaired) electrons. The zero-order valence-corrected chi connectivity index (χ0v) is 9.35. The fraction of sp³-hybridized carbons (Fsp3) is 0.727. The van der Waals surface area contributed by atoms with Gasteiger partial charge in [0.1, 0.15) is 0 Å². The maximum Gasteiger partial charge on any atom is 0.150 e. The lowest BCUT2D eigenvalue weighted by molar-refractivity contribution is 0.637. The van der Waals surface area contributed by atoms with Crippen molar-refractivity contribution in [3.05, 3.63) is 11.8 Å². The van der Waals surface area contributed by atoms with Gasteiger partial charge in [-0.25, -0.2) is 0 Å². The minimum absolute atomic E-state index is 0.797. The van der Waals surface area contributed by atoms with Crippen LogP contribution in [0.4, 0.5) is 5.82 Å². The van der Waals surface area contributed by atoms with Gasteiger partial charge < -0.3 is 10.6 Å². The molecule has 0 aromatic carbocycles. The molecule has 4 heteroatoms. The Labute approximate surface area is 90.0 Å². The predicted octanol–water partition coefficient (Wildman–Crippen LogP) is 0.369. The molecule has 1 saturated heterocycles. The number of anilines is 1. The van der Waals surface area contributed by atoms with Crippen molar-refractivity contribution >= 4 is 5.82 Å². The van der Waals surface area contributed by atoms with Crippen molar-refractivity contribution in [2.45, 2.75) is 6.92 Å². The molecule has 2 unspecified atom stereocenters. The van der Waals surface area contributed by atoms with Crippen molar-refractivity contribution < 1.29 is 0 Å². The second kappa shape index (κ2) is 2.98. The zero-order valence-electron chi connectivity index (χ0n) is 9.35. The lowest BCUT2D eigenvalue weighted by atomic mass is 10.2. The number of hydrogen-bond donors (Lipinski definition) is 1. The molecular weight excluding hydrogens is 188 g/mol. The van der Waals surface area contributed by atoms with Gasteiger partial charge >= 0.3 is 0 Å². The van der Waals surface area contributed by atoms with Crippen LogP contribution in [0, 0.1) is 24.7 Å². The summed E-state index contributed by atoms with van der Waals surface area (Å²) in [7, 11) is 2.00. The predicted molar refractivity (Wildman–Crippen MR) is 59.7 cm³/mol. The number of nitrogens with two attached hydrogens (primary N) is 1. The van der Waals surface area contributed by atoms with Crippen LogP contribution in [0.15, 0.2) is 6.07 Å². The van der Waals surface area contributed by atoms with Crippen LogP contribution in [0.25, 0.3) is 0 Å². The van der Waals surface area contributed by atoms with Gasteiger partial charge in [-0.05, 0) is 31.2 Å². The summed E-state index contributed by atoms with van der Waals surface area (Å²) >= 11 is 0. The van der Waals surface area contributed by atoms with Crippen LogP contribution in [0.2, 0.25) is 0 Å². The fourth-order valence-corrected chi connectivity index (χ4v) is 2.88. The molecule has 1 aliphatic heterocycles. The standard InChI is InChI=1S/C11H18N4/c1-7-3-11(13-14(7)2)15-5-9-8(4-12)10(9)6-15/h3,8-10H,4-6,12H2,1-2H3. The molecule has 1 aromatic heterocycles. The van der Waals surface area contributed by atoms with Crippen LogP contribution in [0.1, 0.15) is 5.69 Å². The highest BCUT2D eigenvalue weighted by Crippen LogP contribution is 2.51. The number of aromatic nitrogens is 2. The molecule has 1 aromatic rings. The van der Waals surface area contributed by atoms with E-state index < -0.39 is 0 Å². The first-order valence-electron chi connectivity index (χ1n) is 5.66. The largest absolute Gasteiger partial charge is 0.355 e. The summed E-state index contributed by atoms with van der Waals surface area (Å²) in [4.78, 5) is 2.40. The Morgan fingerprint density at radius 3 is 2.60 bits per heavy atom. The van der Waals surface area contributed by atoms with E-state index in [0.29, 0.717) is 0 Å². The summed E-state index contributed by atoms with van der Waals surface area (Å²) in [5.41, 5.74) is 6.92. The highest BCUT2D eigenvalue weighted by Gasteiger charge is 2.54. The van der Waals surface area contributed by atoms with E-state index >= 15 is 0 Å². The number of piperidine rings is 1. The highest BCUT2D eigenvalue weighted by molar-refractivity contribution is 5.43. The molecular formula is C11H18N4. The molecule has 82 valence electrons. The average molecular weight is 206 g/mol. The topological polar surface area (TPSA) is 47.1 Å². The number of aryl methyl sites for hydroxylation is 2. The molecule has 3 rings (SSSR count). The fourth-order valence-electron chi connectivity index (χ4n) is 2.88. The van der Waals surface area contributed by atoms with Crippen LogP contribution >= 0.6 is 0 Å². The first kappa shape index (κ1) is 9.21. The Hall–Kier alpha value is -1.03. The van der Waals surface area contributed by atoms with Crippen molar-refractivity contribution in [1.29, 1.82) is 0 Å². The number of hydrogen-bond acceptors (Lipinski definition) is 3. The van der Waals surface area contributed by atoms with Crippen molar-refractivity contribution in [2.24, 2.45) is 30.5 Å². The van der Waals surface area contributed by atoms with Crippen molar-refractivity contribution in [2.75, 3.05) is 24.5 Å². The average Bonchev–Trinajstić information content (AvgIpc) is 2.59. The van der Waals surface area contributed by atoms with E-state index in [1.165, 1.54) is 5.69 Å². The van der Waals surface area contributed by atoms with Crippen LogP contribution in [0.5, 0.6) is 0 Å². The van der Waals surface area contributed by atoms with E-state index in [-0.39, 0.29) is 0 Å². The summed E-state index contributed by atoms with van der Waals surface area (Å²) in [6.07, 6.45) is 0. The molecule has 15 heavy (non-hydrogen) atoms. The highest BCUT2D eigenvalue weighted by atomic mass is 15.4. The third kappa shape index (κ3) is 1.28. The quantitative estimate of drug-likeness (QED) is 0.760. The van der Waals surface area contributed by atoms with Gasteiger partial charge in [-0.2, -0.15) is 5.10 Å². The van der Waals surface area contributed by atoms with E-state index in [1.54, 1.807) is 0 Å². The Morgan fingerprint density at radius 1 is 1.47 bits per heavy atom. The van der Waals surface area contributed by atoms with Crippen LogP contribution < -0.4 is 10.6 Å². The minimum atomic E-state index is 0.797. The van der Waals surface area contributed by atoms with Crippen molar-refractivity contribution in [3.8, 4) is 0 Å². The van der Waals surface area contributed by atoms with Crippen LogP contribution in [-0.2, 0) is 7.05 Å². The monoisotopic (exact) mass is 206 g/mol. The van der Waals surface area contributed by atoms with Gasteiger partial charge in [0.2, 0.25) is 0 Å². The lowest BCUT2D eigenvalue weighted by Gasteiger charge is -2.18.